The maximum Gasteiger partial charge on any atom is 0.421 e. The normalized spacial score (nSPS) is 16.8. The van der Waals surface area contributed by atoms with Crippen LogP contribution < -0.4 is 25.6 Å². The molecule has 3 heterocycles. The summed E-state index contributed by atoms with van der Waals surface area (Å²) in [6.07, 6.45) is -3.91. The van der Waals surface area contributed by atoms with Crippen molar-refractivity contribution in [2.75, 3.05) is 54.1 Å². The lowest BCUT2D eigenvalue weighted by atomic mass is 9.83. The summed E-state index contributed by atoms with van der Waals surface area (Å²) >= 11 is 0. The number of aromatic nitrogens is 2. The zero-order valence-corrected chi connectivity index (χ0v) is 24.4. The molecule has 0 unspecified atom stereocenters. The van der Waals surface area contributed by atoms with Crippen LogP contribution in [0.3, 0.4) is 0 Å². The van der Waals surface area contributed by atoms with E-state index in [1.165, 1.54) is 0 Å². The van der Waals surface area contributed by atoms with Crippen LogP contribution in [0.4, 0.5) is 42.0 Å². The lowest BCUT2D eigenvalue weighted by Gasteiger charge is -2.38. The van der Waals surface area contributed by atoms with E-state index in [4.69, 9.17) is 4.74 Å². The molecule has 0 atom stereocenters. The number of alkyl halides is 3. The lowest BCUT2D eigenvalue weighted by molar-refractivity contribution is -0.137. The van der Waals surface area contributed by atoms with Gasteiger partial charge in [0, 0.05) is 62.4 Å². The molecule has 12 heteroatoms. The number of hydrogen-bond acceptors (Lipinski definition) is 8. The van der Waals surface area contributed by atoms with Gasteiger partial charge in [0.25, 0.3) is 0 Å². The lowest BCUT2D eigenvalue weighted by Crippen LogP contribution is -2.48. The molecule has 1 fully saturated rings. The standard InChI is InChI=1S/C30H36F3N7O2/c1-18(2)39-11-13-40(14-12-39)20-9-10-22(24(15-20)42-5)37-28-35-17-21(30(31,32)33)26(38-28)34-16-19-7-6-8-23-25(19)29(3,4)27(41)36-23/h6-10,15,17-18H,11-14,16H2,1-5H3,(H,36,41)(H2,34,35,37,38). The number of nitrogens with one attached hydrogen (secondary N) is 3. The number of rotatable bonds is 8. The van der Waals surface area contributed by atoms with Crippen molar-refractivity contribution in [3.05, 3.63) is 59.3 Å². The molecule has 0 spiro atoms. The molecule has 1 saturated heterocycles. The number of carbonyl (C=O) groups is 1. The summed E-state index contributed by atoms with van der Waals surface area (Å²) in [7, 11) is 1.54. The van der Waals surface area contributed by atoms with E-state index in [1.54, 1.807) is 39.2 Å². The molecule has 42 heavy (non-hydrogen) atoms. The fraction of sp³-hybridized carbons (Fsp3) is 0.433. The number of benzene rings is 2. The van der Waals surface area contributed by atoms with Crippen LogP contribution in [0.15, 0.2) is 42.6 Å². The Labute approximate surface area is 243 Å². The van der Waals surface area contributed by atoms with Gasteiger partial charge >= 0.3 is 6.18 Å². The molecule has 0 aliphatic carbocycles. The Morgan fingerprint density at radius 2 is 1.86 bits per heavy atom. The van der Waals surface area contributed by atoms with Crippen LogP contribution in [-0.2, 0) is 22.9 Å². The predicted molar refractivity (Wildman–Crippen MR) is 158 cm³/mol. The van der Waals surface area contributed by atoms with Gasteiger partial charge in [0.05, 0.1) is 18.2 Å². The fourth-order valence-corrected chi connectivity index (χ4v) is 5.54. The molecule has 0 bridgehead atoms. The van der Waals surface area contributed by atoms with Crippen LogP contribution in [-0.4, -0.2) is 60.1 Å². The van der Waals surface area contributed by atoms with Crippen molar-refractivity contribution in [1.82, 2.24) is 14.9 Å². The Morgan fingerprint density at radius 1 is 1.12 bits per heavy atom. The smallest absolute Gasteiger partial charge is 0.421 e. The Hall–Kier alpha value is -4.06. The summed E-state index contributed by atoms with van der Waals surface area (Å²) in [4.78, 5) is 25.3. The number of amides is 1. The van der Waals surface area contributed by atoms with E-state index in [2.05, 4.69) is 49.6 Å². The van der Waals surface area contributed by atoms with Gasteiger partial charge in [-0.15, -0.1) is 0 Å². The molecule has 9 nitrogen and oxygen atoms in total. The van der Waals surface area contributed by atoms with E-state index in [-0.39, 0.29) is 24.2 Å². The molecule has 5 rings (SSSR count). The van der Waals surface area contributed by atoms with Gasteiger partial charge in [0.15, 0.2) is 0 Å². The Morgan fingerprint density at radius 3 is 2.52 bits per heavy atom. The summed E-state index contributed by atoms with van der Waals surface area (Å²) in [6.45, 7) is 11.7. The van der Waals surface area contributed by atoms with Gasteiger partial charge in [-0.2, -0.15) is 18.2 Å². The van der Waals surface area contributed by atoms with Crippen LogP contribution in [0.25, 0.3) is 0 Å². The second-order valence-electron chi connectivity index (χ2n) is 11.4. The van der Waals surface area contributed by atoms with Crippen LogP contribution in [0.5, 0.6) is 5.75 Å². The first-order valence-corrected chi connectivity index (χ1v) is 13.9. The second kappa shape index (κ2) is 11.3. The van der Waals surface area contributed by atoms with E-state index in [0.29, 0.717) is 28.7 Å². The number of fused-ring (bicyclic) bond motifs is 1. The quantitative estimate of drug-likeness (QED) is 0.315. The maximum atomic E-state index is 13.9. The van der Waals surface area contributed by atoms with Crippen molar-refractivity contribution in [1.29, 1.82) is 0 Å². The number of carbonyl (C=O) groups excluding carboxylic acids is 1. The molecule has 0 radical (unpaired) electrons. The minimum atomic E-state index is -4.67. The Kier molecular flexibility index (Phi) is 7.93. The molecular weight excluding hydrogens is 547 g/mol. The highest BCUT2D eigenvalue weighted by molar-refractivity contribution is 6.06. The third-order valence-electron chi connectivity index (χ3n) is 7.97. The largest absolute Gasteiger partial charge is 0.494 e. The molecule has 2 aromatic carbocycles. The molecule has 224 valence electrons. The van der Waals surface area contributed by atoms with Crippen molar-refractivity contribution >= 4 is 34.7 Å². The van der Waals surface area contributed by atoms with E-state index in [9.17, 15) is 18.0 Å². The summed E-state index contributed by atoms with van der Waals surface area (Å²) in [5, 5.41) is 8.70. The number of methoxy groups -OCH3 is 1. The molecule has 1 aromatic heterocycles. The summed E-state index contributed by atoms with van der Waals surface area (Å²) in [5.74, 6) is -0.0212. The number of ether oxygens (including phenoxy) is 1. The zero-order valence-electron chi connectivity index (χ0n) is 24.4. The topological polar surface area (TPSA) is 94.7 Å². The number of halogens is 3. The third-order valence-corrected chi connectivity index (χ3v) is 7.97. The fourth-order valence-electron chi connectivity index (χ4n) is 5.54. The molecular formula is C30H36F3N7O2. The van der Waals surface area contributed by atoms with Crippen molar-refractivity contribution < 1.29 is 22.7 Å². The van der Waals surface area contributed by atoms with Crippen LogP contribution in [0.2, 0.25) is 0 Å². The van der Waals surface area contributed by atoms with E-state index >= 15 is 0 Å². The van der Waals surface area contributed by atoms with Gasteiger partial charge in [0.2, 0.25) is 11.9 Å². The first-order chi connectivity index (χ1) is 19.9. The number of piperazine rings is 1. The maximum absolute atomic E-state index is 13.9. The minimum absolute atomic E-state index is 0.0161. The average molecular weight is 584 g/mol. The van der Waals surface area contributed by atoms with Crippen molar-refractivity contribution in [2.24, 2.45) is 0 Å². The highest BCUT2D eigenvalue weighted by Gasteiger charge is 2.40. The molecule has 0 saturated carbocycles. The Balaban J connectivity index is 1.37. The first-order valence-electron chi connectivity index (χ1n) is 13.9. The van der Waals surface area contributed by atoms with Crippen molar-refractivity contribution in [3.8, 4) is 5.75 Å². The predicted octanol–water partition coefficient (Wildman–Crippen LogP) is 5.62. The monoisotopic (exact) mass is 583 g/mol. The number of anilines is 5. The SMILES string of the molecule is COc1cc(N2CCN(C(C)C)CC2)ccc1Nc1ncc(C(F)(F)F)c(NCc2cccc3c2C(C)(C)C(=O)N3)n1. The van der Waals surface area contributed by atoms with Gasteiger partial charge in [-0.1, -0.05) is 12.1 Å². The summed E-state index contributed by atoms with van der Waals surface area (Å²) in [6, 6.07) is 11.5. The van der Waals surface area contributed by atoms with Crippen LogP contribution >= 0.6 is 0 Å². The van der Waals surface area contributed by atoms with Gasteiger partial charge in [-0.05, 0) is 57.0 Å². The van der Waals surface area contributed by atoms with E-state index in [1.807, 2.05) is 18.2 Å². The first kappa shape index (κ1) is 29.4. The zero-order chi connectivity index (χ0) is 30.2. The van der Waals surface area contributed by atoms with Gasteiger partial charge in [-0.25, -0.2) is 4.98 Å². The number of nitrogens with zero attached hydrogens (tertiary/aromatic N) is 4. The highest BCUT2D eigenvalue weighted by Crippen LogP contribution is 2.41. The molecule has 3 N–H and O–H groups in total. The third kappa shape index (κ3) is 5.80. The summed E-state index contributed by atoms with van der Waals surface area (Å²) in [5.41, 5.74) is 1.83. The highest BCUT2D eigenvalue weighted by atomic mass is 19.4. The van der Waals surface area contributed by atoms with Crippen molar-refractivity contribution in [3.63, 3.8) is 0 Å². The van der Waals surface area contributed by atoms with Gasteiger partial charge < -0.3 is 25.6 Å². The minimum Gasteiger partial charge on any atom is -0.494 e. The second-order valence-corrected chi connectivity index (χ2v) is 11.4. The number of hydrogen-bond donors (Lipinski definition) is 3. The average Bonchev–Trinajstić information content (AvgIpc) is 3.19. The molecule has 1 amide bonds. The molecule has 2 aliphatic rings. The van der Waals surface area contributed by atoms with E-state index < -0.39 is 17.2 Å². The summed E-state index contributed by atoms with van der Waals surface area (Å²) < 4.78 is 47.3. The van der Waals surface area contributed by atoms with Crippen molar-refractivity contribution in [2.45, 2.75) is 51.9 Å². The van der Waals surface area contributed by atoms with Crippen LogP contribution in [0, 0.1) is 0 Å². The molecule has 2 aliphatic heterocycles. The Bertz CT molecular complexity index is 1470. The van der Waals surface area contributed by atoms with E-state index in [0.717, 1.165) is 43.6 Å². The van der Waals surface area contributed by atoms with Gasteiger partial charge in [-0.3, -0.25) is 9.69 Å². The molecule has 3 aromatic rings. The van der Waals surface area contributed by atoms with Gasteiger partial charge in [0.1, 0.15) is 17.1 Å². The van der Waals surface area contributed by atoms with Crippen LogP contribution in [0.1, 0.15) is 44.4 Å².